The van der Waals surface area contributed by atoms with Gasteiger partial charge in [-0.2, -0.15) is 0 Å². The molecule has 8 heteroatoms. The predicted octanol–water partition coefficient (Wildman–Crippen LogP) is 3.71. The molecule has 2 rings (SSSR count). The average Bonchev–Trinajstić information content (AvgIpc) is 2.85. The molecule has 2 N–H and O–H groups in total. The number of hydrogen-bond acceptors (Lipinski definition) is 4. The van der Waals surface area contributed by atoms with E-state index in [2.05, 4.69) is 10.3 Å². The number of anilines is 1. The van der Waals surface area contributed by atoms with Gasteiger partial charge < -0.3 is 10.4 Å². The average molecular weight is 331 g/mol. The number of benzene rings is 1. The Morgan fingerprint density at radius 3 is 2.60 bits per heavy atom. The van der Waals surface area contributed by atoms with Crippen LogP contribution in [0.25, 0.3) is 0 Å². The Bertz CT molecular complexity index is 700. The van der Waals surface area contributed by atoms with E-state index in [1.165, 1.54) is 11.4 Å². The topological polar surface area (TPSA) is 79.3 Å². The summed E-state index contributed by atoms with van der Waals surface area (Å²) in [6.45, 7) is 1.79. The molecule has 1 aromatic carbocycles. The second kappa shape index (κ2) is 5.78. The molecule has 104 valence electrons. The predicted molar refractivity (Wildman–Crippen MR) is 78.2 cm³/mol. The van der Waals surface area contributed by atoms with Crippen molar-refractivity contribution < 1.29 is 14.7 Å². The maximum Gasteiger partial charge on any atom is 0.365 e. The smallest absolute Gasteiger partial charge is 0.365 e. The van der Waals surface area contributed by atoms with Crippen LogP contribution in [-0.4, -0.2) is 22.0 Å². The summed E-state index contributed by atoms with van der Waals surface area (Å²) in [6, 6.07) is 3.16. The Hall–Kier alpha value is -1.63. The van der Waals surface area contributed by atoms with Gasteiger partial charge >= 0.3 is 5.97 Å². The largest absolute Gasteiger partial charge is 0.476 e. The van der Waals surface area contributed by atoms with E-state index in [9.17, 15) is 9.59 Å². The number of amides is 1. The molecule has 0 saturated carbocycles. The van der Waals surface area contributed by atoms with Crippen molar-refractivity contribution in [3.63, 3.8) is 0 Å². The maximum atomic E-state index is 11.9. The summed E-state index contributed by atoms with van der Waals surface area (Å²) in [6.07, 6.45) is 0. The molecule has 5 nitrogen and oxygen atoms in total. The van der Waals surface area contributed by atoms with Crippen LogP contribution < -0.4 is 5.32 Å². The van der Waals surface area contributed by atoms with E-state index in [-0.39, 0.29) is 10.7 Å². The molecule has 0 fully saturated rings. The SMILES string of the molecule is Cc1cc(Cl)c(NC(=O)c2csc(C(=O)O)n2)cc1Cl. The van der Waals surface area contributed by atoms with Gasteiger partial charge in [-0.15, -0.1) is 11.3 Å². The molecule has 0 bridgehead atoms. The lowest BCUT2D eigenvalue weighted by molar-refractivity contribution is 0.0696. The third kappa shape index (κ3) is 3.09. The van der Waals surface area contributed by atoms with Crippen LogP contribution in [-0.2, 0) is 0 Å². The summed E-state index contributed by atoms with van der Waals surface area (Å²) < 4.78 is 0. The van der Waals surface area contributed by atoms with E-state index in [0.717, 1.165) is 16.9 Å². The van der Waals surface area contributed by atoms with E-state index >= 15 is 0 Å². The molecule has 20 heavy (non-hydrogen) atoms. The molecule has 0 aliphatic rings. The van der Waals surface area contributed by atoms with E-state index < -0.39 is 11.9 Å². The minimum absolute atomic E-state index is 0.0140. The number of hydrogen-bond donors (Lipinski definition) is 2. The van der Waals surface area contributed by atoms with Gasteiger partial charge in [0.2, 0.25) is 5.01 Å². The number of thiazole rings is 1. The fraction of sp³-hybridized carbons (Fsp3) is 0.0833. The van der Waals surface area contributed by atoms with Crippen molar-refractivity contribution in [1.29, 1.82) is 0 Å². The quantitative estimate of drug-likeness (QED) is 0.899. The number of carboxylic acids is 1. The second-order valence-electron chi connectivity index (χ2n) is 3.88. The van der Waals surface area contributed by atoms with Crippen LogP contribution in [0, 0.1) is 6.92 Å². The van der Waals surface area contributed by atoms with Gasteiger partial charge in [-0.25, -0.2) is 9.78 Å². The summed E-state index contributed by atoms with van der Waals surface area (Å²) in [7, 11) is 0. The van der Waals surface area contributed by atoms with Crippen molar-refractivity contribution in [3.8, 4) is 0 Å². The lowest BCUT2D eigenvalue weighted by Crippen LogP contribution is -2.13. The van der Waals surface area contributed by atoms with E-state index in [1.807, 2.05) is 0 Å². The minimum atomic E-state index is -1.18. The fourth-order valence-corrected chi connectivity index (χ4v) is 2.47. The number of aromatic nitrogens is 1. The van der Waals surface area contributed by atoms with Gasteiger partial charge in [0, 0.05) is 10.4 Å². The minimum Gasteiger partial charge on any atom is -0.476 e. The van der Waals surface area contributed by atoms with Gasteiger partial charge in [-0.1, -0.05) is 23.2 Å². The Morgan fingerprint density at radius 1 is 1.30 bits per heavy atom. The molecular weight excluding hydrogens is 323 g/mol. The van der Waals surface area contributed by atoms with Crippen LogP contribution >= 0.6 is 34.5 Å². The van der Waals surface area contributed by atoms with Crippen molar-refractivity contribution >= 4 is 52.1 Å². The number of rotatable bonds is 3. The highest BCUT2D eigenvalue weighted by Crippen LogP contribution is 2.29. The van der Waals surface area contributed by atoms with Crippen molar-refractivity contribution in [2.24, 2.45) is 0 Å². The number of carbonyl (C=O) groups excluding carboxylic acids is 1. The highest BCUT2D eigenvalue weighted by Gasteiger charge is 2.16. The molecule has 0 spiro atoms. The normalized spacial score (nSPS) is 10.3. The Labute approximate surface area is 128 Å². The van der Waals surface area contributed by atoms with Gasteiger partial charge in [-0.05, 0) is 24.6 Å². The van der Waals surface area contributed by atoms with Gasteiger partial charge in [-0.3, -0.25) is 4.79 Å². The van der Waals surface area contributed by atoms with Crippen molar-refractivity contribution in [2.75, 3.05) is 5.32 Å². The zero-order valence-electron chi connectivity index (χ0n) is 10.1. The van der Waals surface area contributed by atoms with Crippen molar-refractivity contribution in [3.05, 3.63) is 43.8 Å². The Kier molecular flexibility index (Phi) is 4.27. The van der Waals surface area contributed by atoms with E-state index in [4.69, 9.17) is 28.3 Å². The molecule has 0 saturated heterocycles. The first-order valence-electron chi connectivity index (χ1n) is 5.34. The molecule has 1 aromatic heterocycles. The zero-order valence-corrected chi connectivity index (χ0v) is 12.4. The van der Waals surface area contributed by atoms with Gasteiger partial charge in [0.25, 0.3) is 5.91 Å². The first-order chi connectivity index (χ1) is 9.38. The standard InChI is InChI=1S/C12H8Cl2N2O3S/c1-5-2-7(14)8(3-6(5)13)15-10(17)9-4-20-11(16-9)12(18)19/h2-4H,1H3,(H,15,17)(H,18,19). The van der Waals surface area contributed by atoms with Crippen molar-refractivity contribution in [1.82, 2.24) is 4.98 Å². The molecule has 1 heterocycles. The first-order valence-corrected chi connectivity index (χ1v) is 6.98. The van der Waals surface area contributed by atoms with Gasteiger partial charge in [0.1, 0.15) is 5.69 Å². The lowest BCUT2D eigenvalue weighted by atomic mass is 10.2. The van der Waals surface area contributed by atoms with Crippen LogP contribution in [0.5, 0.6) is 0 Å². The van der Waals surface area contributed by atoms with Gasteiger partial charge in [0.15, 0.2) is 0 Å². The zero-order chi connectivity index (χ0) is 14.9. The number of halogens is 2. The number of aromatic carboxylic acids is 1. The molecule has 0 radical (unpaired) electrons. The van der Waals surface area contributed by atoms with Crippen LogP contribution in [0.2, 0.25) is 10.0 Å². The number of nitrogens with one attached hydrogen (secondary N) is 1. The van der Waals surface area contributed by atoms with Crippen LogP contribution in [0.4, 0.5) is 5.69 Å². The molecule has 0 unspecified atom stereocenters. The summed E-state index contributed by atoms with van der Waals surface area (Å²) in [5.41, 5.74) is 1.15. The summed E-state index contributed by atoms with van der Waals surface area (Å²) in [5, 5.41) is 13.3. The van der Waals surface area contributed by atoms with E-state index in [0.29, 0.717) is 15.7 Å². The molecular formula is C12H8Cl2N2O3S. The number of nitrogens with zero attached hydrogens (tertiary/aromatic N) is 1. The fourth-order valence-electron chi connectivity index (χ4n) is 1.40. The summed E-state index contributed by atoms with van der Waals surface area (Å²) in [5.74, 6) is -1.72. The summed E-state index contributed by atoms with van der Waals surface area (Å²) >= 11 is 12.8. The molecule has 1 amide bonds. The lowest BCUT2D eigenvalue weighted by Gasteiger charge is -2.08. The molecule has 0 atom stereocenters. The molecule has 0 aliphatic heterocycles. The Balaban J connectivity index is 2.23. The molecule has 0 aliphatic carbocycles. The van der Waals surface area contributed by atoms with Crippen molar-refractivity contribution in [2.45, 2.75) is 6.92 Å². The van der Waals surface area contributed by atoms with Crippen LogP contribution in [0.15, 0.2) is 17.5 Å². The number of carbonyl (C=O) groups is 2. The maximum absolute atomic E-state index is 11.9. The second-order valence-corrected chi connectivity index (χ2v) is 5.55. The highest BCUT2D eigenvalue weighted by atomic mass is 35.5. The monoisotopic (exact) mass is 330 g/mol. The van der Waals surface area contributed by atoms with Crippen LogP contribution in [0.3, 0.4) is 0 Å². The number of aryl methyl sites for hydroxylation is 1. The van der Waals surface area contributed by atoms with E-state index in [1.54, 1.807) is 13.0 Å². The number of carboxylic acid groups (broad SMARTS) is 1. The van der Waals surface area contributed by atoms with Gasteiger partial charge in [0.05, 0.1) is 10.7 Å². The Morgan fingerprint density at radius 2 is 2.00 bits per heavy atom. The highest BCUT2D eigenvalue weighted by molar-refractivity contribution is 7.11. The third-order valence-corrected chi connectivity index (χ3v) is 3.97. The first kappa shape index (κ1) is 14.8. The third-order valence-electron chi connectivity index (χ3n) is 2.42. The molecule has 2 aromatic rings. The summed E-state index contributed by atoms with van der Waals surface area (Å²) in [4.78, 5) is 26.4. The van der Waals surface area contributed by atoms with Crippen LogP contribution in [0.1, 0.15) is 25.9 Å².